The van der Waals surface area contributed by atoms with Crippen molar-refractivity contribution >= 4 is 28.1 Å². The van der Waals surface area contributed by atoms with Crippen molar-refractivity contribution in [2.24, 2.45) is 0 Å². The molecule has 0 saturated carbocycles. The lowest BCUT2D eigenvalue weighted by Crippen LogP contribution is -2.13. The van der Waals surface area contributed by atoms with E-state index >= 15 is 0 Å². The van der Waals surface area contributed by atoms with Crippen LogP contribution in [0.2, 0.25) is 0 Å². The Hall–Kier alpha value is -1.88. The zero-order valence-corrected chi connectivity index (χ0v) is 9.54. The number of carbonyl (C=O) groups excluding carboxylic acids is 1. The number of hydrogen-bond acceptors (Lipinski definition) is 4. The number of hydrogen-bond donors (Lipinski definition) is 2. The van der Waals surface area contributed by atoms with E-state index in [1.807, 2.05) is 18.4 Å². The Morgan fingerprint density at radius 1 is 1.50 bits per heavy atom. The van der Waals surface area contributed by atoms with Crippen molar-refractivity contribution in [3.63, 3.8) is 0 Å². The number of nitrogens with one attached hydrogen (secondary N) is 1. The van der Waals surface area contributed by atoms with Gasteiger partial charge in [0.15, 0.2) is 5.13 Å². The van der Waals surface area contributed by atoms with Crippen LogP contribution < -0.4 is 11.1 Å². The maximum absolute atomic E-state index is 11.9. The van der Waals surface area contributed by atoms with Crippen molar-refractivity contribution in [1.82, 2.24) is 4.98 Å². The lowest BCUT2D eigenvalue weighted by atomic mass is 10.1. The largest absolute Gasteiger partial charge is 0.399 e. The Morgan fingerprint density at radius 2 is 2.31 bits per heavy atom. The molecule has 82 valence electrons. The molecule has 1 aromatic heterocycles. The summed E-state index contributed by atoms with van der Waals surface area (Å²) >= 11 is 1.38. The smallest absolute Gasteiger partial charge is 0.257 e. The van der Waals surface area contributed by atoms with Gasteiger partial charge in [-0.2, -0.15) is 0 Å². The van der Waals surface area contributed by atoms with Crippen LogP contribution in [0.15, 0.2) is 29.8 Å². The summed E-state index contributed by atoms with van der Waals surface area (Å²) < 4.78 is 0. The van der Waals surface area contributed by atoms with Gasteiger partial charge < -0.3 is 5.73 Å². The van der Waals surface area contributed by atoms with Gasteiger partial charge >= 0.3 is 0 Å². The number of aryl methyl sites for hydroxylation is 1. The summed E-state index contributed by atoms with van der Waals surface area (Å²) in [6.45, 7) is 1.87. The Bertz CT molecular complexity index is 508. The van der Waals surface area contributed by atoms with E-state index in [2.05, 4.69) is 10.3 Å². The van der Waals surface area contributed by atoms with E-state index in [1.165, 1.54) is 11.3 Å². The molecule has 0 bridgehead atoms. The highest BCUT2D eigenvalue weighted by Crippen LogP contribution is 2.16. The van der Waals surface area contributed by atoms with Crippen molar-refractivity contribution in [2.75, 3.05) is 11.1 Å². The lowest BCUT2D eigenvalue weighted by Gasteiger charge is -2.06. The molecule has 1 amide bonds. The number of nitrogens with zero attached hydrogens (tertiary/aromatic N) is 1. The van der Waals surface area contributed by atoms with Crippen LogP contribution in [0.5, 0.6) is 0 Å². The molecule has 2 aromatic rings. The molecule has 1 heterocycles. The minimum absolute atomic E-state index is 0.181. The average Bonchev–Trinajstić information content (AvgIpc) is 2.74. The highest BCUT2D eigenvalue weighted by molar-refractivity contribution is 7.13. The molecule has 5 heteroatoms. The number of anilines is 2. The summed E-state index contributed by atoms with van der Waals surface area (Å²) in [6.07, 6.45) is 1.65. The first-order valence-corrected chi connectivity index (χ1v) is 5.62. The topological polar surface area (TPSA) is 68.0 Å². The molecule has 0 fully saturated rings. The van der Waals surface area contributed by atoms with Crippen LogP contribution in [0.1, 0.15) is 15.9 Å². The molecular formula is C11H11N3OS. The number of rotatable bonds is 2. The van der Waals surface area contributed by atoms with Gasteiger partial charge in [0.1, 0.15) is 0 Å². The van der Waals surface area contributed by atoms with Crippen LogP contribution >= 0.6 is 11.3 Å². The molecule has 3 N–H and O–H groups in total. The highest BCUT2D eigenvalue weighted by atomic mass is 32.1. The predicted octanol–water partition coefficient (Wildman–Crippen LogP) is 2.29. The van der Waals surface area contributed by atoms with E-state index in [9.17, 15) is 4.79 Å². The fourth-order valence-electron chi connectivity index (χ4n) is 1.33. The highest BCUT2D eigenvalue weighted by Gasteiger charge is 2.10. The Kier molecular flexibility index (Phi) is 2.87. The first-order chi connectivity index (χ1) is 7.66. The molecule has 0 spiro atoms. The summed E-state index contributed by atoms with van der Waals surface area (Å²) in [5.74, 6) is -0.181. The van der Waals surface area contributed by atoms with Crippen LogP contribution in [0, 0.1) is 6.92 Å². The standard InChI is InChI=1S/C11H11N3OS/c1-7-2-3-8(12)6-9(7)10(15)14-11-13-4-5-16-11/h2-6H,12H2,1H3,(H,13,14,15). The number of aromatic nitrogens is 1. The third-order valence-electron chi connectivity index (χ3n) is 2.16. The van der Waals surface area contributed by atoms with Crippen molar-refractivity contribution in [2.45, 2.75) is 6.92 Å². The third kappa shape index (κ3) is 2.20. The van der Waals surface area contributed by atoms with Crippen molar-refractivity contribution in [3.8, 4) is 0 Å². The lowest BCUT2D eigenvalue weighted by molar-refractivity contribution is 0.102. The quantitative estimate of drug-likeness (QED) is 0.782. The Morgan fingerprint density at radius 3 is 3.00 bits per heavy atom. The summed E-state index contributed by atoms with van der Waals surface area (Å²) in [6, 6.07) is 5.26. The van der Waals surface area contributed by atoms with Gasteiger partial charge in [-0.15, -0.1) is 11.3 Å². The summed E-state index contributed by atoms with van der Waals surface area (Å²) in [4.78, 5) is 15.9. The molecule has 0 saturated heterocycles. The monoisotopic (exact) mass is 233 g/mol. The summed E-state index contributed by atoms with van der Waals surface area (Å²) in [5, 5.41) is 5.12. The zero-order chi connectivity index (χ0) is 11.5. The average molecular weight is 233 g/mol. The fourth-order valence-corrected chi connectivity index (χ4v) is 1.86. The van der Waals surface area contributed by atoms with E-state index < -0.39 is 0 Å². The first-order valence-electron chi connectivity index (χ1n) is 4.74. The third-order valence-corrected chi connectivity index (χ3v) is 2.85. The fraction of sp³-hybridized carbons (Fsp3) is 0.0909. The molecular weight excluding hydrogens is 222 g/mol. The number of nitrogen functional groups attached to an aromatic ring is 1. The van der Waals surface area contributed by atoms with Crippen LogP contribution in [0.3, 0.4) is 0 Å². The molecule has 0 aliphatic heterocycles. The van der Waals surface area contributed by atoms with Crippen LogP contribution in [-0.4, -0.2) is 10.9 Å². The number of amides is 1. The molecule has 16 heavy (non-hydrogen) atoms. The van der Waals surface area contributed by atoms with Crippen molar-refractivity contribution in [3.05, 3.63) is 40.9 Å². The molecule has 0 unspecified atom stereocenters. The van der Waals surface area contributed by atoms with Crippen LogP contribution in [-0.2, 0) is 0 Å². The van der Waals surface area contributed by atoms with Crippen molar-refractivity contribution in [1.29, 1.82) is 0 Å². The summed E-state index contributed by atoms with van der Waals surface area (Å²) in [5.41, 5.74) is 7.70. The number of thiazole rings is 1. The molecule has 0 aliphatic rings. The number of benzene rings is 1. The van der Waals surface area contributed by atoms with E-state index in [0.29, 0.717) is 16.4 Å². The van der Waals surface area contributed by atoms with E-state index in [0.717, 1.165) is 5.56 Å². The van der Waals surface area contributed by atoms with Gasteiger partial charge in [0.25, 0.3) is 5.91 Å². The zero-order valence-electron chi connectivity index (χ0n) is 8.73. The maximum atomic E-state index is 11.9. The first kappa shape index (κ1) is 10.6. The van der Waals surface area contributed by atoms with E-state index in [-0.39, 0.29) is 5.91 Å². The van der Waals surface area contributed by atoms with Gasteiger partial charge in [-0.05, 0) is 24.6 Å². The minimum Gasteiger partial charge on any atom is -0.399 e. The second-order valence-electron chi connectivity index (χ2n) is 3.37. The van der Waals surface area contributed by atoms with Gasteiger partial charge in [-0.25, -0.2) is 4.98 Å². The number of carbonyl (C=O) groups is 1. The van der Waals surface area contributed by atoms with Gasteiger partial charge in [0.05, 0.1) is 0 Å². The van der Waals surface area contributed by atoms with Gasteiger partial charge in [-0.3, -0.25) is 10.1 Å². The maximum Gasteiger partial charge on any atom is 0.257 e. The molecule has 0 atom stereocenters. The predicted molar refractivity (Wildman–Crippen MR) is 65.7 cm³/mol. The SMILES string of the molecule is Cc1ccc(N)cc1C(=O)Nc1nccs1. The second kappa shape index (κ2) is 4.32. The number of nitrogens with two attached hydrogens (primary N) is 1. The minimum atomic E-state index is -0.181. The Labute approximate surface area is 97.1 Å². The molecule has 0 radical (unpaired) electrons. The second-order valence-corrected chi connectivity index (χ2v) is 4.26. The molecule has 0 aliphatic carbocycles. The molecule has 2 rings (SSSR count). The Balaban J connectivity index is 2.24. The molecule has 1 aromatic carbocycles. The van der Waals surface area contributed by atoms with Gasteiger partial charge in [0.2, 0.25) is 0 Å². The van der Waals surface area contributed by atoms with Gasteiger partial charge in [0, 0.05) is 22.8 Å². The van der Waals surface area contributed by atoms with Crippen LogP contribution in [0.4, 0.5) is 10.8 Å². The van der Waals surface area contributed by atoms with E-state index in [4.69, 9.17) is 5.73 Å². The van der Waals surface area contributed by atoms with Crippen molar-refractivity contribution < 1.29 is 4.79 Å². The van der Waals surface area contributed by atoms with Crippen LogP contribution in [0.25, 0.3) is 0 Å². The summed E-state index contributed by atoms with van der Waals surface area (Å²) in [7, 11) is 0. The van der Waals surface area contributed by atoms with E-state index in [1.54, 1.807) is 18.3 Å². The normalized spacial score (nSPS) is 10.1. The van der Waals surface area contributed by atoms with Gasteiger partial charge in [-0.1, -0.05) is 6.07 Å². The molecule has 4 nitrogen and oxygen atoms in total.